The molecule has 198 valence electrons. The van der Waals surface area contributed by atoms with Gasteiger partial charge in [0.1, 0.15) is 17.3 Å². The topological polar surface area (TPSA) is 75.7 Å². The molecule has 0 radical (unpaired) electrons. The van der Waals surface area contributed by atoms with E-state index in [0.717, 1.165) is 36.6 Å². The number of amides is 2. The zero-order valence-electron chi connectivity index (χ0n) is 21.6. The third-order valence-corrected chi connectivity index (χ3v) is 7.36. The van der Waals surface area contributed by atoms with E-state index >= 15 is 0 Å². The molecule has 6 nitrogen and oxygen atoms in total. The molecule has 0 bridgehead atoms. The average molecular weight is 537 g/mol. The van der Waals surface area contributed by atoms with E-state index < -0.39 is 11.7 Å². The first-order chi connectivity index (χ1) is 18.1. The Kier molecular flexibility index (Phi) is 8.17. The highest BCUT2D eigenvalue weighted by molar-refractivity contribution is 6.34. The van der Waals surface area contributed by atoms with E-state index in [9.17, 15) is 18.8 Å². The minimum atomic E-state index is -0.599. The highest BCUT2D eigenvalue weighted by Gasteiger charge is 2.33. The second-order valence-electron chi connectivity index (χ2n) is 10.0. The predicted octanol–water partition coefficient (Wildman–Crippen LogP) is 6.71. The normalized spacial score (nSPS) is 16.8. The molecule has 1 heterocycles. The van der Waals surface area contributed by atoms with Crippen LogP contribution in [0.5, 0.6) is 5.75 Å². The Balaban J connectivity index is 1.60. The van der Waals surface area contributed by atoms with Gasteiger partial charge in [-0.15, -0.1) is 0 Å². The maximum Gasteiger partial charge on any atom is 0.258 e. The van der Waals surface area contributed by atoms with Crippen LogP contribution in [-0.4, -0.2) is 31.3 Å². The number of nitrogens with zero attached hydrogens (tertiary/aromatic N) is 1. The Hall–Kier alpha value is -3.71. The zero-order valence-corrected chi connectivity index (χ0v) is 22.4. The first kappa shape index (κ1) is 27.3. The molecule has 38 heavy (non-hydrogen) atoms. The summed E-state index contributed by atoms with van der Waals surface area (Å²) in [6, 6.07) is 16.2. The summed E-state index contributed by atoms with van der Waals surface area (Å²) in [4.78, 5) is 39.9. The number of nitrogens with one attached hydrogen (secondary N) is 1. The van der Waals surface area contributed by atoms with Gasteiger partial charge in [0.15, 0.2) is 0 Å². The first-order valence-corrected chi connectivity index (χ1v) is 12.8. The quantitative estimate of drug-likeness (QED) is 0.364. The number of ether oxygens (including phenoxy) is 1. The van der Waals surface area contributed by atoms with Crippen LogP contribution in [0.2, 0.25) is 5.02 Å². The minimum Gasteiger partial charge on any atom is -0.495 e. The number of benzene rings is 3. The highest BCUT2D eigenvalue weighted by atomic mass is 35.5. The lowest BCUT2D eigenvalue weighted by atomic mass is 9.77. The molecular formula is C30H30ClFN2O4. The van der Waals surface area contributed by atoms with Gasteiger partial charge in [-0.2, -0.15) is 0 Å². The standard InChI is InChI=1S/C30H30ClFN2O4/c1-19(35)12-13-30(2)14-15-34(26-7-5-4-6-21(26)18-30)29(37)20-8-11-25(27(16-20)38-3)33-28(36)23-17-22(32)9-10-24(23)31/h4-11,16-17H,12-15,18H2,1-3H3,(H,33,36)/t30-/m1/s1. The van der Waals surface area contributed by atoms with Crippen molar-refractivity contribution in [2.45, 2.75) is 39.5 Å². The Morgan fingerprint density at radius 3 is 2.61 bits per heavy atom. The van der Waals surface area contributed by atoms with Crippen LogP contribution >= 0.6 is 11.6 Å². The van der Waals surface area contributed by atoms with Crippen molar-refractivity contribution in [3.8, 4) is 5.75 Å². The largest absolute Gasteiger partial charge is 0.495 e. The van der Waals surface area contributed by atoms with Gasteiger partial charge in [-0.05, 0) is 79.6 Å². The Morgan fingerprint density at radius 1 is 1.11 bits per heavy atom. The molecule has 0 aliphatic carbocycles. The van der Waals surface area contributed by atoms with E-state index in [4.69, 9.17) is 16.3 Å². The lowest BCUT2D eigenvalue weighted by molar-refractivity contribution is -0.117. The Bertz CT molecular complexity index is 1390. The van der Waals surface area contributed by atoms with Crippen molar-refractivity contribution in [1.29, 1.82) is 0 Å². The van der Waals surface area contributed by atoms with Crippen LogP contribution in [0.15, 0.2) is 60.7 Å². The lowest BCUT2D eigenvalue weighted by Crippen LogP contribution is -2.33. The van der Waals surface area contributed by atoms with Crippen molar-refractivity contribution in [1.82, 2.24) is 0 Å². The second-order valence-corrected chi connectivity index (χ2v) is 10.4. The molecule has 0 unspecified atom stereocenters. The molecule has 1 atom stereocenters. The van der Waals surface area contributed by atoms with Crippen molar-refractivity contribution in [2.24, 2.45) is 5.41 Å². The highest BCUT2D eigenvalue weighted by Crippen LogP contribution is 2.40. The fraction of sp³-hybridized carbons (Fsp3) is 0.300. The van der Waals surface area contributed by atoms with Crippen LogP contribution in [0.1, 0.15) is 59.4 Å². The van der Waals surface area contributed by atoms with E-state index in [1.165, 1.54) is 19.2 Å². The summed E-state index contributed by atoms with van der Waals surface area (Å²) in [6.07, 6.45) is 2.80. The number of hydrogen-bond acceptors (Lipinski definition) is 4. The van der Waals surface area contributed by atoms with Gasteiger partial charge in [0.2, 0.25) is 0 Å². The molecule has 0 spiro atoms. The van der Waals surface area contributed by atoms with Gasteiger partial charge in [-0.3, -0.25) is 9.59 Å². The predicted molar refractivity (Wildman–Crippen MR) is 147 cm³/mol. The van der Waals surface area contributed by atoms with E-state index in [0.29, 0.717) is 24.2 Å². The number of para-hydroxylation sites is 1. The molecule has 2 amide bonds. The summed E-state index contributed by atoms with van der Waals surface area (Å²) >= 11 is 6.07. The SMILES string of the molecule is COc1cc(C(=O)N2CC[C@@](C)(CCC(C)=O)Cc3ccccc32)ccc1NC(=O)c1cc(F)ccc1Cl. The molecule has 1 aliphatic heterocycles. The number of Topliss-reactive ketones (excluding diaryl/α,β-unsaturated/α-hetero) is 1. The van der Waals surface area contributed by atoms with E-state index in [-0.39, 0.29) is 33.4 Å². The molecule has 0 saturated carbocycles. The van der Waals surface area contributed by atoms with Crippen molar-refractivity contribution in [2.75, 3.05) is 23.9 Å². The summed E-state index contributed by atoms with van der Waals surface area (Å²) in [7, 11) is 1.44. The van der Waals surface area contributed by atoms with Gasteiger partial charge in [0.25, 0.3) is 11.8 Å². The molecule has 1 N–H and O–H groups in total. The fourth-order valence-corrected chi connectivity index (χ4v) is 5.02. The monoisotopic (exact) mass is 536 g/mol. The van der Waals surface area contributed by atoms with Crippen LogP contribution in [0.25, 0.3) is 0 Å². The van der Waals surface area contributed by atoms with E-state index in [1.807, 2.05) is 24.3 Å². The van der Waals surface area contributed by atoms with Gasteiger partial charge in [0.05, 0.1) is 23.4 Å². The molecule has 0 fully saturated rings. The third kappa shape index (κ3) is 6.05. The number of carbonyl (C=O) groups is 3. The fourth-order valence-electron chi connectivity index (χ4n) is 4.82. The Labute approximate surface area is 226 Å². The van der Waals surface area contributed by atoms with Crippen molar-refractivity contribution >= 4 is 40.6 Å². The average Bonchev–Trinajstić information content (AvgIpc) is 3.05. The zero-order chi connectivity index (χ0) is 27.4. The van der Waals surface area contributed by atoms with Gasteiger partial charge in [-0.1, -0.05) is 36.7 Å². The van der Waals surface area contributed by atoms with Crippen molar-refractivity contribution < 1.29 is 23.5 Å². The molecule has 8 heteroatoms. The number of hydrogen-bond donors (Lipinski definition) is 1. The van der Waals surface area contributed by atoms with Crippen molar-refractivity contribution in [3.63, 3.8) is 0 Å². The summed E-state index contributed by atoms with van der Waals surface area (Å²) in [5.74, 6) is -0.930. The number of carbonyl (C=O) groups excluding carboxylic acids is 3. The first-order valence-electron chi connectivity index (χ1n) is 12.4. The van der Waals surface area contributed by atoms with Crippen LogP contribution in [0.3, 0.4) is 0 Å². The van der Waals surface area contributed by atoms with Crippen LogP contribution in [0, 0.1) is 11.2 Å². The van der Waals surface area contributed by atoms with Crippen molar-refractivity contribution in [3.05, 3.63) is 88.2 Å². The van der Waals surface area contributed by atoms with E-state index in [1.54, 1.807) is 30.0 Å². The maximum atomic E-state index is 13.8. The lowest BCUT2D eigenvalue weighted by Gasteiger charge is -2.28. The molecule has 0 aromatic heterocycles. The maximum absolute atomic E-state index is 13.8. The number of fused-ring (bicyclic) bond motifs is 1. The molecule has 1 aliphatic rings. The smallest absolute Gasteiger partial charge is 0.258 e. The number of halogens is 2. The molecule has 4 rings (SSSR count). The van der Waals surface area contributed by atoms with Crippen LogP contribution in [0.4, 0.5) is 15.8 Å². The van der Waals surface area contributed by atoms with E-state index in [2.05, 4.69) is 12.2 Å². The summed E-state index contributed by atoms with van der Waals surface area (Å²) in [5, 5.41) is 2.80. The van der Waals surface area contributed by atoms with Gasteiger partial charge < -0.3 is 19.7 Å². The van der Waals surface area contributed by atoms with Gasteiger partial charge in [-0.25, -0.2) is 4.39 Å². The molecular weight excluding hydrogens is 507 g/mol. The molecule has 0 saturated heterocycles. The van der Waals surface area contributed by atoms with Crippen LogP contribution in [-0.2, 0) is 11.2 Å². The molecule has 3 aromatic carbocycles. The molecule has 3 aromatic rings. The van der Waals surface area contributed by atoms with Gasteiger partial charge in [0, 0.05) is 24.2 Å². The summed E-state index contributed by atoms with van der Waals surface area (Å²) in [5.41, 5.74) is 2.50. The third-order valence-electron chi connectivity index (χ3n) is 7.03. The summed E-state index contributed by atoms with van der Waals surface area (Å²) in [6.45, 7) is 4.28. The van der Waals surface area contributed by atoms with Gasteiger partial charge >= 0.3 is 0 Å². The van der Waals surface area contributed by atoms with Crippen LogP contribution < -0.4 is 15.0 Å². The number of ketones is 1. The number of methoxy groups -OCH3 is 1. The number of anilines is 2. The summed E-state index contributed by atoms with van der Waals surface area (Å²) < 4.78 is 19.1. The minimum absolute atomic E-state index is 0.0112. The Morgan fingerprint density at radius 2 is 1.87 bits per heavy atom. The second kappa shape index (κ2) is 11.4. The number of rotatable bonds is 7.